The fourth-order valence-electron chi connectivity index (χ4n) is 1.89. The van der Waals surface area contributed by atoms with Crippen molar-refractivity contribution in [3.63, 3.8) is 0 Å². The average Bonchev–Trinajstić information content (AvgIpc) is 3.06. The molecule has 21 heavy (non-hydrogen) atoms. The minimum absolute atomic E-state index is 0.0251. The van der Waals surface area contributed by atoms with Crippen molar-refractivity contribution in [3.05, 3.63) is 47.7 Å². The number of carbonyl (C=O) groups is 1. The summed E-state index contributed by atoms with van der Waals surface area (Å²) in [4.78, 5) is 15.8. The Balaban J connectivity index is 1.80. The lowest BCUT2D eigenvalue weighted by Gasteiger charge is -1.98. The summed E-state index contributed by atoms with van der Waals surface area (Å²) in [5.41, 5.74) is 1.12. The van der Waals surface area contributed by atoms with E-state index in [2.05, 4.69) is 20.5 Å². The summed E-state index contributed by atoms with van der Waals surface area (Å²) >= 11 is 0. The van der Waals surface area contributed by atoms with E-state index in [9.17, 15) is 4.79 Å². The van der Waals surface area contributed by atoms with Gasteiger partial charge in [0.15, 0.2) is 0 Å². The maximum absolute atomic E-state index is 11.9. The van der Waals surface area contributed by atoms with Crippen molar-refractivity contribution in [2.45, 2.75) is 13.8 Å². The van der Waals surface area contributed by atoms with Crippen LogP contribution in [0.1, 0.15) is 21.9 Å². The fraction of sp³-hybridized carbons (Fsp3) is 0.143. The van der Waals surface area contributed by atoms with Crippen LogP contribution in [0.25, 0.3) is 11.5 Å². The quantitative estimate of drug-likeness (QED) is 0.794. The number of amides is 1. The lowest BCUT2D eigenvalue weighted by molar-refractivity contribution is 0.102. The Morgan fingerprint density at radius 1 is 1.24 bits per heavy atom. The van der Waals surface area contributed by atoms with Gasteiger partial charge in [0.05, 0.1) is 11.1 Å². The summed E-state index contributed by atoms with van der Waals surface area (Å²) in [6.07, 6.45) is 3.04. The molecular formula is C14H12N4O3. The van der Waals surface area contributed by atoms with Crippen LogP contribution in [0.3, 0.4) is 0 Å². The highest BCUT2D eigenvalue weighted by atomic mass is 16.4. The first kappa shape index (κ1) is 13.0. The average molecular weight is 284 g/mol. The van der Waals surface area contributed by atoms with E-state index in [1.807, 2.05) is 6.92 Å². The first-order chi connectivity index (χ1) is 10.1. The fourth-order valence-corrected chi connectivity index (χ4v) is 1.89. The Morgan fingerprint density at radius 2 is 2.10 bits per heavy atom. The van der Waals surface area contributed by atoms with Gasteiger partial charge in [-0.15, -0.1) is 5.10 Å². The number of anilines is 1. The molecule has 0 unspecified atom stereocenters. The van der Waals surface area contributed by atoms with Crippen LogP contribution in [0.2, 0.25) is 0 Å². The molecule has 0 bridgehead atoms. The molecule has 0 saturated carbocycles. The minimum Gasteiger partial charge on any atom is -0.466 e. The molecule has 0 spiro atoms. The van der Waals surface area contributed by atoms with Crippen molar-refractivity contribution in [2.24, 2.45) is 0 Å². The zero-order valence-electron chi connectivity index (χ0n) is 11.5. The van der Waals surface area contributed by atoms with Gasteiger partial charge in [0.25, 0.3) is 11.8 Å². The van der Waals surface area contributed by atoms with Gasteiger partial charge >= 0.3 is 6.01 Å². The maximum Gasteiger partial charge on any atom is 0.322 e. The monoisotopic (exact) mass is 284 g/mol. The summed E-state index contributed by atoms with van der Waals surface area (Å²) in [5.74, 6) is 1.37. The molecule has 3 heterocycles. The summed E-state index contributed by atoms with van der Waals surface area (Å²) in [7, 11) is 0. The number of hydrogen-bond acceptors (Lipinski definition) is 6. The zero-order chi connectivity index (χ0) is 14.8. The summed E-state index contributed by atoms with van der Waals surface area (Å²) in [6.45, 7) is 3.64. The molecular weight excluding hydrogens is 272 g/mol. The van der Waals surface area contributed by atoms with Crippen molar-refractivity contribution in [2.75, 3.05) is 5.32 Å². The normalized spacial score (nSPS) is 10.6. The smallest absolute Gasteiger partial charge is 0.322 e. The van der Waals surface area contributed by atoms with Crippen LogP contribution < -0.4 is 5.32 Å². The first-order valence-corrected chi connectivity index (χ1v) is 6.26. The van der Waals surface area contributed by atoms with Crippen LogP contribution in [-0.4, -0.2) is 21.1 Å². The van der Waals surface area contributed by atoms with Crippen molar-refractivity contribution in [3.8, 4) is 11.5 Å². The number of aromatic nitrogens is 3. The van der Waals surface area contributed by atoms with Gasteiger partial charge < -0.3 is 8.83 Å². The van der Waals surface area contributed by atoms with E-state index in [0.29, 0.717) is 22.8 Å². The van der Waals surface area contributed by atoms with E-state index in [1.165, 1.54) is 6.20 Å². The molecule has 0 aliphatic rings. The Hall–Kier alpha value is -2.96. The first-order valence-electron chi connectivity index (χ1n) is 6.26. The number of aryl methyl sites for hydroxylation is 2. The Bertz CT molecular complexity index is 777. The van der Waals surface area contributed by atoms with E-state index in [1.54, 1.807) is 31.3 Å². The van der Waals surface area contributed by atoms with Gasteiger partial charge in [-0.05, 0) is 32.0 Å². The zero-order valence-corrected chi connectivity index (χ0v) is 11.5. The number of rotatable bonds is 3. The van der Waals surface area contributed by atoms with Gasteiger partial charge in [-0.25, -0.2) is 0 Å². The number of carbonyl (C=O) groups excluding carboxylic acids is 1. The summed E-state index contributed by atoms with van der Waals surface area (Å²) in [5, 5.41) is 10.2. The van der Waals surface area contributed by atoms with E-state index >= 15 is 0 Å². The molecule has 106 valence electrons. The molecule has 0 aliphatic heterocycles. The van der Waals surface area contributed by atoms with E-state index in [-0.39, 0.29) is 11.9 Å². The molecule has 0 saturated heterocycles. The predicted molar refractivity (Wildman–Crippen MR) is 73.7 cm³/mol. The van der Waals surface area contributed by atoms with Gasteiger partial charge in [0.1, 0.15) is 11.5 Å². The third-order valence-corrected chi connectivity index (χ3v) is 2.84. The van der Waals surface area contributed by atoms with Gasteiger partial charge in [-0.2, -0.15) is 0 Å². The largest absolute Gasteiger partial charge is 0.466 e. The molecule has 0 atom stereocenters. The van der Waals surface area contributed by atoms with E-state index < -0.39 is 0 Å². The molecule has 1 N–H and O–H groups in total. The van der Waals surface area contributed by atoms with Crippen LogP contribution in [0.5, 0.6) is 0 Å². The number of nitrogens with one attached hydrogen (secondary N) is 1. The standard InChI is InChI=1S/C14H12N4O3/c1-8-6-11(9(2)20-8)13-17-18-14(21-13)16-12(19)10-4-3-5-15-7-10/h3-7H,1-2H3,(H,16,18,19). The molecule has 1 amide bonds. The molecule has 3 rings (SSSR count). The molecule has 3 aromatic heterocycles. The van der Waals surface area contributed by atoms with Crippen LogP contribution in [-0.2, 0) is 0 Å². The minimum atomic E-state index is -0.363. The number of nitrogens with zero attached hydrogens (tertiary/aromatic N) is 3. The molecule has 0 aliphatic carbocycles. The SMILES string of the molecule is Cc1cc(-c2nnc(NC(=O)c3cccnc3)o2)c(C)o1. The molecule has 7 nitrogen and oxygen atoms in total. The molecule has 3 aromatic rings. The Labute approximate surface area is 120 Å². The van der Waals surface area contributed by atoms with Crippen molar-refractivity contribution >= 4 is 11.9 Å². The predicted octanol–water partition coefficient (Wildman–Crippen LogP) is 2.59. The van der Waals surface area contributed by atoms with Crippen LogP contribution in [0, 0.1) is 13.8 Å². The number of pyridine rings is 1. The van der Waals surface area contributed by atoms with Crippen molar-refractivity contribution in [1.29, 1.82) is 0 Å². The molecule has 0 aromatic carbocycles. The van der Waals surface area contributed by atoms with Gasteiger partial charge in [-0.1, -0.05) is 5.10 Å². The van der Waals surface area contributed by atoms with E-state index in [4.69, 9.17) is 8.83 Å². The number of hydrogen-bond donors (Lipinski definition) is 1. The molecule has 0 fully saturated rings. The summed E-state index contributed by atoms with van der Waals surface area (Å²) < 4.78 is 10.8. The second kappa shape index (κ2) is 5.20. The summed E-state index contributed by atoms with van der Waals surface area (Å²) in [6, 6.07) is 5.14. The lowest BCUT2D eigenvalue weighted by Crippen LogP contribution is -2.12. The number of furan rings is 1. The van der Waals surface area contributed by atoms with Gasteiger partial charge in [-0.3, -0.25) is 15.1 Å². The Kier molecular flexibility index (Phi) is 3.23. The third kappa shape index (κ3) is 2.66. The Morgan fingerprint density at radius 3 is 2.76 bits per heavy atom. The van der Waals surface area contributed by atoms with Gasteiger partial charge in [0, 0.05) is 12.4 Å². The molecule has 7 heteroatoms. The highest BCUT2D eigenvalue weighted by Crippen LogP contribution is 2.26. The molecule has 0 radical (unpaired) electrons. The highest BCUT2D eigenvalue weighted by Gasteiger charge is 2.16. The van der Waals surface area contributed by atoms with Crippen LogP contribution in [0.4, 0.5) is 6.01 Å². The third-order valence-electron chi connectivity index (χ3n) is 2.84. The lowest BCUT2D eigenvalue weighted by atomic mass is 10.2. The van der Waals surface area contributed by atoms with Crippen LogP contribution in [0.15, 0.2) is 39.4 Å². The van der Waals surface area contributed by atoms with Crippen molar-refractivity contribution in [1.82, 2.24) is 15.2 Å². The van der Waals surface area contributed by atoms with Gasteiger partial charge in [0.2, 0.25) is 0 Å². The maximum atomic E-state index is 11.9. The van der Waals surface area contributed by atoms with Crippen LogP contribution >= 0.6 is 0 Å². The van der Waals surface area contributed by atoms with E-state index in [0.717, 1.165) is 5.76 Å². The topological polar surface area (TPSA) is 94.1 Å². The second-order valence-electron chi connectivity index (χ2n) is 4.44. The second-order valence-corrected chi connectivity index (χ2v) is 4.44. The highest BCUT2D eigenvalue weighted by molar-refractivity contribution is 6.02. The van der Waals surface area contributed by atoms with Crippen molar-refractivity contribution < 1.29 is 13.6 Å².